The van der Waals surface area contributed by atoms with Crippen LogP contribution >= 0.6 is 0 Å². The van der Waals surface area contributed by atoms with Gasteiger partial charge in [-0.05, 0) is 18.2 Å². The van der Waals surface area contributed by atoms with Crippen molar-refractivity contribution in [3.63, 3.8) is 0 Å². The highest BCUT2D eigenvalue weighted by Crippen LogP contribution is 2.19. The van der Waals surface area contributed by atoms with Crippen molar-refractivity contribution in [1.82, 2.24) is 5.16 Å². The van der Waals surface area contributed by atoms with Gasteiger partial charge in [0.2, 0.25) is 0 Å². The van der Waals surface area contributed by atoms with Crippen molar-refractivity contribution in [3.05, 3.63) is 47.6 Å². The van der Waals surface area contributed by atoms with E-state index in [0.29, 0.717) is 5.76 Å². The van der Waals surface area contributed by atoms with Gasteiger partial charge in [-0.15, -0.1) is 0 Å². The topological polar surface area (TPSA) is 59.0 Å². The van der Waals surface area contributed by atoms with E-state index in [1.807, 2.05) is 6.07 Å². The average molecular weight is 218 g/mol. The van der Waals surface area contributed by atoms with Crippen molar-refractivity contribution >= 4 is 0 Å². The Balaban J connectivity index is 2.08. The zero-order valence-corrected chi connectivity index (χ0v) is 8.18. The van der Waals surface area contributed by atoms with Gasteiger partial charge in [-0.1, -0.05) is 5.16 Å². The third-order valence-electron chi connectivity index (χ3n) is 1.92. The fraction of sp³-hybridized carbons (Fsp3) is 0.0909. The number of nitrogens with zero attached hydrogens (tertiary/aromatic N) is 2. The maximum Gasteiger partial charge on any atom is 0.174 e. The second-order valence-electron chi connectivity index (χ2n) is 3.02. The molecule has 80 valence electrons. The van der Waals surface area contributed by atoms with E-state index in [4.69, 9.17) is 14.5 Å². The molecule has 2 rings (SSSR count). The lowest BCUT2D eigenvalue weighted by atomic mass is 10.2. The Labute approximate surface area is 90.9 Å². The monoisotopic (exact) mass is 218 g/mol. The number of benzene rings is 1. The summed E-state index contributed by atoms with van der Waals surface area (Å²) in [5.74, 6) is 0.0118. The van der Waals surface area contributed by atoms with Crippen LogP contribution in [-0.4, -0.2) is 5.16 Å². The quantitative estimate of drug-likeness (QED) is 0.792. The molecule has 4 nitrogen and oxygen atoms in total. The SMILES string of the molecule is N#Cc1ccc(OCc2ccno2)c(F)c1. The summed E-state index contributed by atoms with van der Waals surface area (Å²) in [5.41, 5.74) is 0.254. The number of aromatic nitrogens is 1. The molecule has 0 atom stereocenters. The second-order valence-corrected chi connectivity index (χ2v) is 3.02. The van der Waals surface area contributed by atoms with E-state index in [1.54, 1.807) is 6.07 Å². The van der Waals surface area contributed by atoms with Crippen LogP contribution in [0.1, 0.15) is 11.3 Å². The molecule has 0 unspecified atom stereocenters. The molecule has 0 fully saturated rings. The minimum absolute atomic E-state index is 0.0791. The summed E-state index contributed by atoms with van der Waals surface area (Å²) in [4.78, 5) is 0. The zero-order valence-electron chi connectivity index (χ0n) is 8.18. The average Bonchev–Trinajstić information content (AvgIpc) is 2.80. The second kappa shape index (κ2) is 4.45. The molecule has 0 saturated carbocycles. The molecule has 0 spiro atoms. The normalized spacial score (nSPS) is 9.75. The molecule has 0 aliphatic rings. The van der Waals surface area contributed by atoms with Crippen molar-refractivity contribution in [2.45, 2.75) is 6.61 Å². The standard InChI is InChI=1S/C11H7FN2O2/c12-10-5-8(6-13)1-2-11(10)15-7-9-3-4-14-16-9/h1-5H,7H2. The van der Waals surface area contributed by atoms with E-state index in [-0.39, 0.29) is 17.9 Å². The molecule has 0 amide bonds. The van der Waals surface area contributed by atoms with Crippen molar-refractivity contribution in [2.75, 3.05) is 0 Å². The molecule has 1 aromatic carbocycles. The Morgan fingerprint density at radius 2 is 2.31 bits per heavy atom. The lowest BCUT2D eigenvalue weighted by molar-refractivity contribution is 0.240. The minimum atomic E-state index is -0.571. The number of hydrogen-bond acceptors (Lipinski definition) is 4. The molecule has 0 aliphatic carbocycles. The molecule has 1 heterocycles. The summed E-state index contributed by atoms with van der Waals surface area (Å²) < 4.78 is 23.3. The zero-order chi connectivity index (χ0) is 11.4. The number of hydrogen-bond donors (Lipinski definition) is 0. The number of rotatable bonds is 3. The highest BCUT2D eigenvalue weighted by molar-refractivity contribution is 5.35. The lowest BCUT2D eigenvalue weighted by Gasteiger charge is -2.04. The molecular formula is C11H7FN2O2. The number of ether oxygens (including phenoxy) is 1. The van der Waals surface area contributed by atoms with E-state index in [9.17, 15) is 4.39 Å². The Bertz CT molecular complexity index is 517. The predicted molar refractivity (Wildman–Crippen MR) is 52.0 cm³/mol. The minimum Gasteiger partial charge on any atom is -0.482 e. The first-order valence-electron chi connectivity index (χ1n) is 4.51. The van der Waals surface area contributed by atoms with Gasteiger partial charge < -0.3 is 9.26 Å². The third kappa shape index (κ3) is 2.17. The van der Waals surface area contributed by atoms with Gasteiger partial charge >= 0.3 is 0 Å². The van der Waals surface area contributed by atoms with Crippen LogP contribution in [0.25, 0.3) is 0 Å². The van der Waals surface area contributed by atoms with E-state index >= 15 is 0 Å². The lowest BCUT2D eigenvalue weighted by Crippen LogP contribution is -1.96. The Morgan fingerprint density at radius 1 is 1.44 bits per heavy atom. The first kappa shape index (κ1) is 10.2. The molecule has 2 aromatic rings. The van der Waals surface area contributed by atoms with Crippen molar-refractivity contribution in [2.24, 2.45) is 0 Å². The summed E-state index contributed by atoms with van der Waals surface area (Å²) in [6.45, 7) is 0.100. The van der Waals surface area contributed by atoms with Gasteiger partial charge in [0.25, 0.3) is 0 Å². The van der Waals surface area contributed by atoms with Crippen LogP contribution in [0.3, 0.4) is 0 Å². The maximum atomic E-state index is 13.3. The first-order chi connectivity index (χ1) is 7.79. The molecule has 1 aromatic heterocycles. The molecular weight excluding hydrogens is 211 g/mol. The van der Waals surface area contributed by atoms with E-state index < -0.39 is 5.82 Å². The van der Waals surface area contributed by atoms with Gasteiger partial charge in [0.05, 0.1) is 17.8 Å². The molecule has 0 radical (unpaired) electrons. The summed E-state index contributed by atoms with van der Waals surface area (Å²) in [6.07, 6.45) is 1.48. The van der Waals surface area contributed by atoms with Crippen LogP contribution in [0, 0.1) is 17.1 Å². The largest absolute Gasteiger partial charge is 0.482 e. The Hall–Kier alpha value is -2.35. The van der Waals surface area contributed by atoms with E-state index in [2.05, 4.69) is 5.16 Å². The number of nitriles is 1. The molecule has 16 heavy (non-hydrogen) atoms. The van der Waals surface area contributed by atoms with E-state index in [0.717, 1.165) is 6.07 Å². The molecule has 0 bridgehead atoms. The molecule has 5 heteroatoms. The van der Waals surface area contributed by atoms with E-state index in [1.165, 1.54) is 18.3 Å². The van der Waals surface area contributed by atoms with Gasteiger partial charge in [0, 0.05) is 6.07 Å². The molecule has 0 aliphatic heterocycles. The summed E-state index contributed by atoms with van der Waals surface area (Å²) in [7, 11) is 0. The van der Waals surface area contributed by atoms with Gasteiger partial charge in [-0.2, -0.15) is 5.26 Å². The first-order valence-corrected chi connectivity index (χ1v) is 4.51. The maximum absolute atomic E-state index is 13.3. The van der Waals surface area contributed by atoms with Crippen LogP contribution in [0.4, 0.5) is 4.39 Å². The third-order valence-corrected chi connectivity index (χ3v) is 1.92. The fourth-order valence-corrected chi connectivity index (χ4v) is 1.15. The summed E-state index contributed by atoms with van der Waals surface area (Å²) >= 11 is 0. The Kier molecular flexibility index (Phi) is 2.83. The number of halogens is 1. The Morgan fingerprint density at radius 3 is 2.94 bits per heavy atom. The van der Waals surface area contributed by atoms with Crippen LogP contribution in [-0.2, 0) is 6.61 Å². The van der Waals surface area contributed by atoms with Crippen LogP contribution in [0.5, 0.6) is 5.75 Å². The van der Waals surface area contributed by atoms with Gasteiger partial charge in [-0.3, -0.25) is 0 Å². The summed E-state index contributed by atoms with van der Waals surface area (Å²) in [5, 5.41) is 12.0. The van der Waals surface area contributed by atoms with Crippen molar-refractivity contribution < 1.29 is 13.7 Å². The van der Waals surface area contributed by atoms with Crippen LogP contribution < -0.4 is 4.74 Å². The van der Waals surface area contributed by atoms with Gasteiger partial charge in [0.1, 0.15) is 6.61 Å². The molecule has 0 saturated heterocycles. The van der Waals surface area contributed by atoms with Gasteiger partial charge in [-0.25, -0.2) is 4.39 Å². The van der Waals surface area contributed by atoms with Crippen molar-refractivity contribution in [3.8, 4) is 11.8 Å². The van der Waals surface area contributed by atoms with Gasteiger partial charge in [0.15, 0.2) is 17.3 Å². The smallest absolute Gasteiger partial charge is 0.174 e. The highest BCUT2D eigenvalue weighted by Gasteiger charge is 2.06. The summed E-state index contributed by atoms with van der Waals surface area (Å²) in [6, 6.07) is 7.48. The predicted octanol–water partition coefficient (Wildman–Crippen LogP) is 2.26. The molecule has 0 N–H and O–H groups in total. The van der Waals surface area contributed by atoms with Crippen LogP contribution in [0.15, 0.2) is 35.0 Å². The fourth-order valence-electron chi connectivity index (χ4n) is 1.15. The van der Waals surface area contributed by atoms with Crippen molar-refractivity contribution in [1.29, 1.82) is 5.26 Å². The van der Waals surface area contributed by atoms with Crippen LogP contribution in [0.2, 0.25) is 0 Å². The highest BCUT2D eigenvalue weighted by atomic mass is 19.1.